The van der Waals surface area contributed by atoms with Gasteiger partial charge in [0.05, 0.1) is 6.04 Å². The Balaban J connectivity index is 1.47. The number of hydrogen-bond donors (Lipinski definition) is 2. The number of carbonyl (C=O) groups excluding carboxylic acids is 1. The summed E-state index contributed by atoms with van der Waals surface area (Å²) in [5, 5.41) is 6.19. The Morgan fingerprint density at radius 1 is 1.21 bits per heavy atom. The molecule has 1 amide bonds. The van der Waals surface area contributed by atoms with Crippen LogP contribution in [-0.4, -0.2) is 18.5 Å². The molecule has 1 fully saturated rings. The second-order valence-electron chi connectivity index (χ2n) is 6.29. The number of nitrogens with one attached hydrogen (secondary N) is 2. The van der Waals surface area contributed by atoms with Gasteiger partial charge in [-0.15, -0.1) is 0 Å². The van der Waals surface area contributed by atoms with Crippen molar-refractivity contribution in [1.29, 1.82) is 0 Å². The van der Waals surface area contributed by atoms with Gasteiger partial charge in [-0.3, -0.25) is 4.79 Å². The van der Waals surface area contributed by atoms with Gasteiger partial charge in [0.2, 0.25) is 5.91 Å². The summed E-state index contributed by atoms with van der Waals surface area (Å²) < 4.78 is 5.81. The van der Waals surface area contributed by atoms with Crippen molar-refractivity contribution in [2.24, 2.45) is 0 Å². The number of carbonyl (C=O) groups is 1. The molecule has 0 spiro atoms. The number of hydrogen-bond acceptors (Lipinski definition) is 3. The maximum Gasteiger partial charge on any atom is 0.237 e. The zero-order valence-electron chi connectivity index (χ0n) is 14.0. The van der Waals surface area contributed by atoms with Gasteiger partial charge in [-0.05, 0) is 49.6 Å². The highest BCUT2D eigenvalue weighted by Gasteiger charge is 2.21. The molecule has 24 heavy (non-hydrogen) atoms. The molecule has 3 rings (SSSR count). The van der Waals surface area contributed by atoms with Crippen molar-refractivity contribution in [3.05, 3.63) is 65.2 Å². The summed E-state index contributed by atoms with van der Waals surface area (Å²) in [5.41, 5.74) is 3.47. The molecule has 126 valence electrons. The predicted octanol–water partition coefficient (Wildman–Crippen LogP) is 2.94. The SMILES string of the molecule is Cc1cccc(COc2ccc(CNC(=O)C3CCCN3)cc2)c1. The van der Waals surface area contributed by atoms with Crippen LogP contribution in [0.1, 0.15) is 29.5 Å². The largest absolute Gasteiger partial charge is 0.489 e. The van der Waals surface area contributed by atoms with E-state index in [0.717, 1.165) is 36.3 Å². The van der Waals surface area contributed by atoms with E-state index in [4.69, 9.17) is 4.74 Å². The first-order valence-electron chi connectivity index (χ1n) is 8.49. The fourth-order valence-electron chi connectivity index (χ4n) is 2.89. The third kappa shape index (κ3) is 4.59. The van der Waals surface area contributed by atoms with E-state index in [1.807, 2.05) is 30.3 Å². The fraction of sp³-hybridized carbons (Fsp3) is 0.350. The third-order valence-electron chi connectivity index (χ3n) is 4.25. The average molecular weight is 324 g/mol. The van der Waals surface area contributed by atoms with Crippen LogP contribution in [0.4, 0.5) is 0 Å². The molecule has 1 heterocycles. The van der Waals surface area contributed by atoms with E-state index in [0.29, 0.717) is 13.2 Å². The summed E-state index contributed by atoms with van der Waals surface area (Å²) in [6.45, 7) is 4.12. The molecule has 0 radical (unpaired) electrons. The summed E-state index contributed by atoms with van der Waals surface area (Å²) in [6.07, 6.45) is 2.00. The number of aryl methyl sites for hydroxylation is 1. The molecule has 4 heteroatoms. The lowest BCUT2D eigenvalue weighted by molar-refractivity contribution is -0.122. The highest BCUT2D eigenvalue weighted by molar-refractivity contribution is 5.81. The summed E-state index contributed by atoms with van der Waals surface area (Å²) in [7, 11) is 0. The predicted molar refractivity (Wildman–Crippen MR) is 94.8 cm³/mol. The standard InChI is InChI=1S/C20H24N2O2/c1-15-4-2-5-17(12-15)14-24-18-9-7-16(8-10-18)13-22-20(23)19-6-3-11-21-19/h2,4-5,7-10,12,19,21H,3,6,11,13-14H2,1H3,(H,22,23). The Labute approximate surface area is 143 Å². The normalized spacial score (nSPS) is 16.8. The highest BCUT2D eigenvalue weighted by Crippen LogP contribution is 2.15. The van der Waals surface area contributed by atoms with Crippen LogP contribution in [0.25, 0.3) is 0 Å². The van der Waals surface area contributed by atoms with Gasteiger partial charge in [-0.25, -0.2) is 0 Å². The molecule has 1 saturated heterocycles. The minimum atomic E-state index is -0.0260. The molecular weight excluding hydrogens is 300 g/mol. The van der Waals surface area contributed by atoms with Gasteiger partial charge < -0.3 is 15.4 Å². The van der Waals surface area contributed by atoms with Crippen molar-refractivity contribution in [2.45, 2.75) is 39.0 Å². The highest BCUT2D eigenvalue weighted by atomic mass is 16.5. The van der Waals surface area contributed by atoms with Gasteiger partial charge in [0, 0.05) is 6.54 Å². The first kappa shape index (κ1) is 16.5. The average Bonchev–Trinajstić information content (AvgIpc) is 3.13. The zero-order chi connectivity index (χ0) is 16.8. The van der Waals surface area contributed by atoms with Crippen molar-refractivity contribution in [2.75, 3.05) is 6.54 Å². The Morgan fingerprint density at radius 3 is 2.75 bits per heavy atom. The van der Waals surface area contributed by atoms with E-state index in [-0.39, 0.29) is 11.9 Å². The summed E-state index contributed by atoms with van der Waals surface area (Å²) in [4.78, 5) is 12.0. The molecule has 1 unspecified atom stereocenters. The molecule has 4 nitrogen and oxygen atoms in total. The van der Waals surface area contributed by atoms with Crippen molar-refractivity contribution in [3.8, 4) is 5.75 Å². The van der Waals surface area contributed by atoms with Gasteiger partial charge in [0.1, 0.15) is 12.4 Å². The minimum absolute atomic E-state index is 0.0260. The molecule has 2 aromatic carbocycles. The van der Waals surface area contributed by atoms with Crippen molar-refractivity contribution in [1.82, 2.24) is 10.6 Å². The molecule has 0 aromatic heterocycles. The van der Waals surface area contributed by atoms with Crippen LogP contribution in [0.3, 0.4) is 0 Å². The van der Waals surface area contributed by atoms with E-state index in [2.05, 4.69) is 35.8 Å². The fourth-order valence-corrected chi connectivity index (χ4v) is 2.89. The monoisotopic (exact) mass is 324 g/mol. The molecule has 1 aliphatic heterocycles. The molecular formula is C20H24N2O2. The Bertz CT molecular complexity index is 676. The number of benzene rings is 2. The van der Waals surface area contributed by atoms with Crippen LogP contribution in [0.15, 0.2) is 48.5 Å². The maximum absolute atomic E-state index is 12.0. The number of rotatable bonds is 6. The van der Waals surface area contributed by atoms with Crippen LogP contribution in [0, 0.1) is 6.92 Å². The minimum Gasteiger partial charge on any atom is -0.489 e. The molecule has 0 bridgehead atoms. The zero-order valence-corrected chi connectivity index (χ0v) is 14.0. The van der Waals surface area contributed by atoms with Crippen molar-refractivity contribution in [3.63, 3.8) is 0 Å². The molecule has 1 aliphatic rings. The lowest BCUT2D eigenvalue weighted by atomic mass is 10.1. The topological polar surface area (TPSA) is 50.4 Å². The van der Waals surface area contributed by atoms with E-state index in [1.54, 1.807) is 0 Å². The van der Waals surface area contributed by atoms with E-state index in [1.165, 1.54) is 5.56 Å². The van der Waals surface area contributed by atoms with Gasteiger partial charge in [-0.2, -0.15) is 0 Å². The summed E-state index contributed by atoms with van der Waals surface area (Å²) in [6, 6.07) is 16.2. The van der Waals surface area contributed by atoms with E-state index >= 15 is 0 Å². The van der Waals surface area contributed by atoms with Gasteiger partial charge >= 0.3 is 0 Å². The Hall–Kier alpha value is -2.33. The molecule has 0 saturated carbocycles. The Kier molecular flexibility index (Phi) is 5.49. The van der Waals surface area contributed by atoms with Crippen LogP contribution in [0.5, 0.6) is 5.75 Å². The first-order chi connectivity index (χ1) is 11.7. The van der Waals surface area contributed by atoms with Crippen LogP contribution >= 0.6 is 0 Å². The molecule has 1 atom stereocenters. The maximum atomic E-state index is 12.0. The van der Waals surface area contributed by atoms with Crippen molar-refractivity contribution >= 4 is 5.91 Å². The van der Waals surface area contributed by atoms with E-state index < -0.39 is 0 Å². The van der Waals surface area contributed by atoms with Crippen molar-refractivity contribution < 1.29 is 9.53 Å². The lowest BCUT2D eigenvalue weighted by Gasteiger charge is -2.11. The number of ether oxygens (including phenoxy) is 1. The van der Waals surface area contributed by atoms with Crippen LogP contribution in [-0.2, 0) is 17.9 Å². The first-order valence-corrected chi connectivity index (χ1v) is 8.49. The molecule has 0 aliphatic carbocycles. The Morgan fingerprint density at radius 2 is 2.04 bits per heavy atom. The molecule has 2 aromatic rings. The molecule has 2 N–H and O–H groups in total. The summed E-state index contributed by atoms with van der Waals surface area (Å²) >= 11 is 0. The lowest BCUT2D eigenvalue weighted by Crippen LogP contribution is -2.39. The van der Waals surface area contributed by atoms with Gasteiger partial charge in [0.25, 0.3) is 0 Å². The quantitative estimate of drug-likeness (QED) is 0.859. The van der Waals surface area contributed by atoms with E-state index in [9.17, 15) is 4.79 Å². The van der Waals surface area contributed by atoms with Gasteiger partial charge in [0.15, 0.2) is 0 Å². The summed E-state index contributed by atoms with van der Waals surface area (Å²) in [5.74, 6) is 0.927. The second kappa shape index (κ2) is 7.97. The van der Waals surface area contributed by atoms with Crippen LogP contribution < -0.4 is 15.4 Å². The van der Waals surface area contributed by atoms with Gasteiger partial charge in [-0.1, -0.05) is 42.0 Å². The second-order valence-corrected chi connectivity index (χ2v) is 6.29. The smallest absolute Gasteiger partial charge is 0.237 e. The third-order valence-corrected chi connectivity index (χ3v) is 4.25. The number of amides is 1. The van der Waals surface area contributed by atoms with Crippen LogP contribution in [0.2, 0.25) is 0 Å².